The van der Waals surface area contributed by atoms with Crippen LogP contribution in [0, 0.1) is 13.8 Å². The zero-order valence-corrected chi connectivity index (χ0v) is 17.8. The third kappa shape index (κ3) is 4.95. The van der Waals surface area contributed by atoms with Crippen LogP contribution in [0.15, 0.2) is 47.4 Å². The number of para-hydroxylation sites is 1. The van der Waals surface area contributed by atoms with E-state index in [9.17, 15) is 13.2 Å². The monoisotopic (exact) mass is 417 g/mol. The van der Waals surface area contributed by atoms with Gasteiger partial charge in [-0.3, -0.25) is 9.69 Å². The lowest BCUT2D eigenvalue weighted by atomic mass is 10.1. The number of amides is 1. The number of hydrogen-bond acceptors (Lipinski definition) is 5. The summed E-state index contributed by atoms with van der Waals surface area (Å²) in [5.41, 5.74) is 2.89. The number of anilines is 1. The molecule has 0 saturated carbocycles. The molecule has 8 heteroatoms. The summed E-state index contributed by atoms with van der Waals surface area (Å²) in [5, 5.41) is 2.98. The fraction of sp³-hybridized carbons (Fsp3) is 0.381. The van der Waals surface area contributed by atoms with Crippen molar-refractivity contribution in [1.29, 1.82) is 0 Å². The summed E-state index contributed by atoms with van der Waals surface area (Å²) >= 11 is 0. The SMILES string of the molecule is COc1ccc(S(=O)(=O)N2CCN(CC(=O)Nc3c(C)cccc3C)CC2)cc1. The predicted octanol–water partition coefficient (Wildman–Crippen LogP) is 2.26. The maximum Gasteiger partial charge on any atom is 0.243 e. The quantitative estimate of drug-likeness (QED) is 0.780. The molecule has 1 aliphatic heterocycles. The van der Waals surface area contributed by atoms with E-state index in [4.69, 9.17) is 4.74 Å². The summed E-state index contributed by atoms with van der Waals surface area (Å²) in [6.07, 6.45) is 0. The van der Waals surface area contributed by atoms with Crippen LogP contribution in [-0.4, -0.2) is 63.4 Å². The smallest absolute Gasteiger partial charge is 0.243 e. The number of carbonyl (C=O) groups is 1. The van der Waals surface area contributed by atoms with E-state index in [0.717, 1.165) is 16.8 Å². The number of piperazine rings is 1. The van der Waals surface area contributed by atoms with Gasteiger partial charge in [-0.25, -0.2) is 8.42 Å². The Morgan fingerprint density at radius 2 is 1.59 bits per heavy atom. The van der Waals surface area contributed by atoms with Crippen LogP contribution in [0.3, 0.4) is 0 Å². The molecule has 0 aliphatic carbocycles. The molecule has 0 radical (unpaired) electrons. The van der Waals surface area contributed by atoms with Crippen LogP contribution in [0.2, 0.25) is 0 Å². The van der Waals surface area contributed by atoms with E-state index < -0.39 is 10.0 Å². The van der Waals surface area contributed by atoms with Crippen molar-refractivity contribution in [1.82, 2.24) is 9.21 Å². The van der Waals surface area contributed by atoms with Gasteiger partial charge in [-0.2, -0.15) is 4.31 Å². The van der Waals surface area contributed by atoms with E-state index in [1.165, 1.54) is 4.31 Å². The van der Waals surface area contributed by atoms with Crippen LogP contribution in [-0.2, 0) is 14.8 Å². The maximum atomic E-state index is 12.8. The molecule has 0 bridgehead atoms. The number of rotatable bonds is 6. The number of hydrogen-bond donors (Lipinski definition) is 1. The Morgan fingerprint density at radius 3 is 2.14 bits per heavy atom. The lowest BCUT2D eigenvalue weighted by molar-refractivity contribution is -0.117. The number of sulfonamides is 1. The molecular formula is C21H27N3O4S. The first-order chi connectivity index (χ1) is 13.8. The first-order valence-electron chi connectivity index (χ1n) is 9.54. The van der Waals surface area contributed by atoms with Crippen molar-refractivity contribution in [3.63, 3.8) is 0 Å². The van der Waals surface area contributed by atoms with Gasteiger partial charge in [0.25, 0.3) is 0 Å². The second kappa shape index (κ2) is 8.94. The Morgan fingerprint density at radius 1 is 1.00 bits per heavy atom. The number of carbonyl (C=O) groups excluding carboxylic acids is 1. The molecule has 1 N–H and O–H groups in total. The van der Waals surface area contributed by atoms with Crippen LogP contribution in [0.5, 0.6) is 5.75 Å². The van der Waals surface area contributed by atoms with E-state index in [2.05, 4.69) is 5.32 Å². The van der Waals surface area contributed by atoms with Gasteiger partial charge < -0.3 is 10.1 Å². The predicted molar refractivity (Wildman–Crippen MR) is 113 cm³/mol. The van der Waals surface area contributed by atoms with E-state index in [1.807, 2.05) is 36.9 Å². The average molecular weight is 418 g/mol. The zero-order valence-electron chi connectivity index (χ0n) is 17.0. The minimum Gasteiger partial charge on any atom is -0.497 e. The second-order valence-electron chi connectivity index (χ2n) is 7.17. The molecular weight excluding hydrogens is 390 g/mol. The minimum atomic E-state index is -3.55. The molecule has 1 heterocycles. The number of aryl methyl sites for hydroxylation is 2. The highest BCUT2D eigenvalue weighted by atomic mass is 32.2. The van der Waals surface area contributed by atoms with E-state index in [-0.39, 0.29) is 17.3 Å². The average Bonchev–Trinajstić information content (AvgIpc) is 2.71. The fourth-order valence-electron chi connectivity index (χ4n) is 3.42. The van der Waals surface area contributed by atoms with Crippen molar-refractivity contribution in [2.24, 2.45) is 0 Å². The molecule has 2 aromatic rings. The molecule has 7 nitrogen and oxygen atoms in total. The Hall–Kier alpha value is -2.42. The molecule has 156 valence electrons. The third-order valence-electron chi connectivity index (χ3n) is 5.14. The maximum absolute atomic E-state index is 12.8. The van der Waals surface area contributed by atoms with E-state index in [0.29, 0.717) is 31.9 Å². The fourth-order valence-corrected chi connectivity index (χ4v) is 4.84. The van der Waals surface area contributed by atoms with Crippen molar-refractivity contribution in [2.45, 2.75) is 18.7 Å². The van der Waals surface area contributed by atoms with Crippen molar-refractivity contribution in [3.8, 4) is 5.75 Å². The molecule has 29 heavy (non-hydrogen) atoms. The van der Waals surface area contributed by atoms with Gasteiger partial charge in [0, 0.05) is 31.9 Å². The largest absolute Gasteiger partial charge is 0.497 e. The van der Waals surface area contributed by atoms with Crippen LogP contribution in [0.4, 0.5) is 5.69 Å². The molecule has 1 fully saturated rings. The standard InChI is InChI=1S/C21H27N3O4S/c1-16-5-4-6-17(2)21(16)22-20(25)15-23-11-13-24(14-12-23)29(26,27)19-9-7-18(28-3)8-10-19/h4-10H,11-15H2,1-3H3,(H,22,25). The van der Waals surface area contributed by atoms with E-state index >= 15 is 0 Å². The summed E-state index contributed by atoms with van der Waals surface area (Å²) in [4.78, 5) is 14.7. The van der Waals surface area contributed by atoms with Gasteiger partial charge >= 0.3 is 0 Å². The second-order valence-corrected chi connectivity index (χ2v) is 9.11. The molecule has 1 saturated heterocycles. The topological polar surface area (TPSA) is 79.0 Å². The normalized spacial score (nSPS) is 15.8. The molecule has 0 spiro atoms. The van der Waals surface area contributed by atoms with Gasteiger partial charge in [0.15, 0.2) is 0 Å². The van der Waals surface area contributed by atoms with Crippen LogP contribution in [0.1, 0.15) is 11.1 Å². The lowest BCUT2D eigenvalue weighted by Crippen LogP contribution is -2.50. The summed E-state index contributed by atoms with van der Waals surface area (Å²) in [6, 6.07) is 12.3. The zero-order chi connectivity index (χ0) is 21.0. The number of methoxy groups -OCH3 is 1. The first-order valence-corrected chi connectivity index (χ1v) is 11.0. The molecule has 0 aromatic heterocycles. The number of nitrogens with zero attached hydrogens (tertiary/aromatic N) is 2. The molecule has 0 atom stereocenters. The van der Waals surface area contributed by atoms with Crippen molar-refractivity contribution >= 4 is 21.6 Å². The van der Waals surface area contributed by atoms with Gasteiger partial charge in [0.05, 0.1) is 18.6 Å². The van der Waals surface area contributed by atoms with Crippen LogP contribution < -0.4 is 10.1 Å². The highest BCUT2D eigenvalue weighted by Gasteiger charge is 2.29. The summed E-state index contributed by atoms with van der Waals surface area (Å²) in [6.45, 7) is 5.89. The highest BCUT2D eigenvalue weighted by molar-refractivity contribution is 7.89. The van der Waals surface area contributed by atoms with Crippen molar-refractivity contribution < 1.29 is 17.9 Å². The van der Waals surface area contributed by atoms with Crippen LogP contribution in [0.25, 0.3) is 0 Å². The minimum absolute atomic E-state index is 0.0890. The summed E-state index contributed by atoms with van der Waals surface area (Å²) < 4.78 is 32.2. The van der Waals surface area contributed by atoms with Crippen molar-refractivity contribution in [3.05, 3.63) is 53.6 Å². The molecule has 1 amide bonds. The third-order valence-corrected chi connectivity index (χ3v) is 7.05. The number of nitrogens with one attached hydrogen (secondary N) is 1. The van der Waals surface area contributed by atoms with Gasteiger partial charge in [0.1, 0.15) is 5.75 Å². The molecule has 1 aliphatic rings. The van der Waals surface area contributed by atoms with Gasteiger partial charge in [-0.05, 0) is 49.2 Å². The Kier molecular flexibility index (Phi) is 6.56. The Balaban J connectivity index is 1.56. The number of ether oxygens (including phenoxy) is 1. The summed E-state index contributed by atoms with van der Waals surface area (Å²) in [7, 11) is -2.01. The first kappa shape index (κ1) is 21.3. The van der Waals surface area contributed by atoms with Gasteiger partial charge in [-0.15, -0.1) is 0 Å². The Labute approximate surface area is 172 Å². The molecule has 3 rings (SSSR count). The summed E-state index contributed by atoms with van der Waals surface area (Å²) in [5.74, 6) is 0.525. The van der Waals surface area contributed by atoms with Gasteiger partial charge in [-0.1, -0.05) is 18.2 Å². The molecule has 2 aromatic carbocycles. The van der Waals surface area contributed by atoms with Crippen molar-refractivity contribution in [2.75, 3.05) is 45.2 Å². The lowest BCUT2D eigenvalue weighted by Gasteiger charge is -2.33. The highest BCUT2D eigenvalue weighted by Crippen LogP contribution is 2.21. The molecule has 0 unspecified atom stereocenters. The van der Waals surface area contributed by atoms with E-state index in [1.54, 1.807) is 31.4 Å². The van der Waals surface area contributed by atoms with Crippen LogP contribution >= 0.6 is 0 Å². The Bertz CT molecular complexity index is 946. The van der Waals surface area contributed by atoms with Gasteiger partial charge in [0.2, 0.25) is 15.9 Å². The number of benzene rings is 2.